The van der Waals surface area contributed by atoms with Gasteiger partial charge in [0.15, 0.2) is 0 Å². The van der Waals surface area contributed by atoms with Crippen molar-refractivity contribution in [3.05, 3.63) is 40.6 Å². The Morgan fingerprint density at radius 2 is 1.57 bits per heavy atom. The molecule has 1 fully saturated rings. The SMILES string of the molecule is CCCCCCCCN1C(=O)C(c2ccc(C)cc2C)=C(N2CCCC2)C1=O. The lowest BCUT2D eigenvalue weighted by atomic mass is 9.97. The fraction of sp³-hybridized carbons (Fsp3) is 0.583. The Morgan fingerprint density at radius 3 is 2.25 bits per heavy atom. The Labute approximate surface area is 169 Å². The van der Waals surface area contributed by atoms with Crippen LogP contribution in [0.1, 0.15) is 75.0 Å². The molecular weight excluding hydrogens is 348 g/mol. The van der Waals surface area contributed by atoms with Crippen LogP contribution < -0.4 is 0 Å². The van der Waals surface area contributed by atoms with Gasteiger partial charge in [0.2, 0.25) is 0 Å². The number of imide groups is 1. The van der Waals surface area contributed by atoms with Crippen molar-refractivity contribution in [1.29, 1.82) is 0 Å². The number of hydrogen-bond acceptors (Lipinski definition) is 3. The van der Waals surface area contributed by atoms with E-state index in [-0.39, 0.29) is 11.8 Å². The highest BCUT2D eigenvalue weighted by Gasteiger charge is 2.42. The Bertz CT molecular complexity index is 760. The van der Waals surface area contributed by atoms with Crippen LogP contribution in [0.3, 0.4) is 0 Å². The molecule has 4 heteroatoms. The Morgan fingerprint density at radius 1 is 0.893 bits per heavy atom. The van der Waals surface area contributed by atoms with Gasteiger partial charge in [-0.25, -0.2) is 0 Å². The lowest BCUT2D eigenvalue weighted by molar-refractivity contribution is -0.137. The minimum absolute atomic E-state index is 0.0876. The Hall–Kier alpha value is -2.10. The summed E-state index contributed by atoms with van der Waals surface area (Å²) in [5, 5.41) is 0. The molecule has 0 atom stereocenters. The van der Waals surface area contributed by atoms with Crippen LogP contribution in [0.4, 0.5) is 0 Å². The lowest BCUT2D eigenvalue weighted by Gasteiger charge is -2.20. The second kappa shape index (κ2) is 9.40. The molecule has 0 spiro atoms. The van der Waals surface area contributed by atoms with E-state index in [0.29, 0.717) is 17.8 Å². The number of rotatable bonds is 9. The minimum atomic E-state index is -0.104. The van der Waals surface area contributed by atoms with Gasteiger partial charge in [0.1, 0.15) is 5.70 Å². The first-order valence-electron chi connectivity index (χ1n) is 11.0. The van der Waals surface area contributed by atoms with E-state index in [9.17, 15) is 9.59 Å². The van der Waals surface area contributed by atoms with Gasteiger partial charge in [-0.3, -0.25) is 14.5 Å². The quantitative estimate of drug-likeness (QED) is 0.453. The third-order valence-corrected chi connectivity index (χ3v) is 5.95. The van der Waals surface area contributed by atoms with Crippen molar-refractivity contribution in [3.63, 3.8) is 0 Å². The molecule has 1 saturated heterocycles. The van der Waals surface area contributed by atoms with E-state index in [4.69, 9.17) is 0 Å². The molecule has 4 nitrogen and oxygen atoms in total. The molecule has 2 aliphatic heterocycles. The zero-order chi connectivity index (χ0) is 20.1. The monoisotopic (exact) mass is 382 g/mol. The highest BCUT2D eigenvalue weighted by molar-refractivity contribution is 6.35. The van der Waals surface area contributed by atoms with Crippen LogP contribution in [0.5, 0.6) is 0 Å². The molecule has 2 heterocycles. The molecule has 0 saturated carbocycles. The number of aryl methyl sites for hydroxylation is 2. The molecule has 0 radical (unpaired) electrons. The van der Waals surface area contributed by atoms with Crippen molar-refractivity contribution in [1.82, 2.24) is 9.80 Å². The van der Waals surface area contributed by atoms with Crippen molar-refractivity contribution in [2.24, 2.45) is 0 Å². The molecule has 1 aromatic rings. The first-order valence-corrected chi connectivity index (χ1v) is 11.0. The van der Waals surface area contributed by atoms with Crippen molar-refractivity contribution in [3.8, 4) is 0 Å². The van der Waals surface area contributed by atoms with Gasteiger partial charge in [-0.2, -0.15) is 0 Å². The number of hydrogen-bond donors (Lipinski definition) is 0. The largest absolute Gasteiger partial charge is 0.366 e. The number of unbranched alkanes of at least 4 members (excludes halogenated alkanes) is 5. The van der Waals surface area contributed by atoms with Gasteiger partial charge in [0.05, 0.1) is 5.57 Å². The van der Waals surface area contributed by atoms with Crippen molar-refractivity contribution < 1.29 is 9.59 Å². The molecule has 2 amide bonds. The first kappa shape index (κ1) is 20.6. The van der Waals surface area contributed by atoms with Gasteiger partial charge in [-0.15, -0.1) is 0 Å². The molecule has 3 rings (SSSR count). The van der Waals surface area contributed by atoms with Crippen molar-refractivity contribution in [2.75, 3.05) is 19.6 Å². The summed E-state index contributed by atoms with van der Waals surface area (Å²) in [6.07, 6.45) is 9.06. The van der Waals surface area contributed by atoms with Crippen LogP contribution in [-0.2, 0) is 9.59 Å². The number of nitrogens with zero attached hydrogens (tertiary/aromatic N) is 2. The molecule has 0 unspecified atom stereocenters. The second-order valence-corrected chi connectivity index (χ2v) is 8.27. The predicted octanol–water partition coefficient (Wildman–Crippen LogP) is 4.84. The second-order valence-electron chi connectivity index (χ2n) is 8.27. The highest BCUT2D eigenvalue weighted by Crippen LogP contribution is 2.35. The lowest BCUT2D eigenvalue weighted by Crippen LogP contribution is -2.35. The van der Waals surface area contributed by atoms with Gasteiger partial charge in [-0.05, 0) is 44.2 Å². The fourth-order valence-electron chi connectivity index (χ4n) is 4.39. The summed E-state index contributed by atoms with van der Waals surface area (Å²) in [5.74, 6) is -0.192. The number of benzene rings is 1. The van der Waals surface area contributed by atoms with E-state index in [1.54, 1.807) is 0 Å². The van der Waals surface area contributed by atoms with E-state index in [0.717, 1.165) is 49.9 Å². The molecular formula is C24H34N2O2. The molecule has 0 bridgehead atoms. The number of likely N-dealkylation sites (tertiary alicyclic amines) is 1. The third kappa shape index (κ3) is 4.31. The number of carbonyl (C=O) groups excluding carboxylic acids is 2. The summed E-state index contributed by atoms with van der Waals surface area (Å²) >= 11 is 0. The summed E-state index contributed by atoms with van der Waals surface area (Å²) in [5.41, 5.74) is 4.41. The predicted molar refractivity (Wildman–Crippen MR) is 114 cm³/mol. The molecule has 152 valence electrons. The number of carbonyl (C=O) groups is 2. The molecule has 0 N–H and O–H groups in total. The maximum atomic E-state index is 13.3. The van der Waals surface area contributed by atoms with Crippen LogP contribution in [0.25, 0.3) is 5.57 Å². The minimum Gasteiger partial charge on any atom is -0.366 e. The summed E-state index contributed by atoms with van der Waals surface area (Å²) in [4.78, 5) is 30.2. The van der Waals surface area contributed by atoms with Gasteiger partial charge < -0.3 is 4.90 Å². The Kier molecular flexibility index (Phi) is 6.93. The third-order valence-electron chi connectivity index (χ3n) is 5.95. The topological polar surface area (TPSA) is 40.6 Å². The summed E-state index contributed by atoms with van der Waals surface area (Å²) in [6.45, 7) is 8.57. The van der Waals surface area contributed by atoms with E-state index in [1.807, 2.05) is 19.1 Å². The van der Waals surface area contributed by atoms with Gasteiger partial charge >= 0.3 is 0 Å². The van der Waals surface area contributed by atoms with E-state index in [1.165, 1.54) is 36.1 Å². The molecule has 0 aromatic heterocycles. The normalized spacial score (nSPS) is 17.4. The standard InChI is InChI=1S/C24H34N2O2/c1-4-5-6-7-8-9-16-26-23(27)21(20-13-12-18(2)17-19(20)3)22(24(26)28)25-14-10-11-15-25/h12-13,17H,4-11,14-16H2,1-3H3. The van der Waals surface area contributed by atoms with Crippen LogP contribution in [0.2, 0.25) is 0 Å². The van der Waals surface area contributed by atoms with Gasteiger partial charge in [0.25, 0.3) is 11.8 Å². The van der Waals surface area contributed by atoms with Crippen LogP contribution in [0, 0.1) is 13.8 Å². The number of amides is 2. The highest BCUT2D eigenvalue weighted by atomic mass is 16.2. The summed E-state index contributed by atoms with van der Waals surface area (Å²) in [7, 11) is 0. The van der Waals surface area contributed by atoms with Gasteiger partial charge in [0, 0.05) is 19.6 Å². The first-order chi connectivity index (χ1) is 13.5. The molecule has 2 aliphatic rings. The van der Waals surface area contributed by atoms with E-state index in [2.05, 4.69) is 24.8 Å². The van der Waals surface area contributed by atoms with E-state index < -0.39 is 0 Å². The zero-order valence-corrected chi connectivity index (χ0v) is 17.7. The zero-order valence-electron chi connectivity index (χ0n) is 17.7. The molecule has 1 aromatic carbocycles. The van der Waals surface area contributed by atoms with Crippen LogP contribution >= 0.6 is 0 Å². The maximum absolute atomic E-state index is 13.3. The van der Waals surface area contributed by atoms with E-state index >= 15 is 0 Å². The van der Waals surface area contributed by atoms with Crippen LogP contribution in [-0.4, -0.2) is 41.2 Å². The van der Waals surface area contributed by atoms with Crippen molar-refractivity contribution in [2.45, 2.75) is 72.1 Å². The smallest absolute Gasteiger partial charge is 0.277 e. The summed E-state index contributed by atoms with van der Waals surface area (Å²) in [6, 6.07) is 6.14. The molecule has 0 aliphatic carbocycles. The maximum Gasteiger partial charge on any atom is 0.277 e. The average Bonchev–Trinajstić information content (AvgIpc) is 3.26. The summed E-state index contributed by atoms with van der Waals surface area (Å²) < 4.78 is 0. The average molecular weight is 383 g/mol. The Balaban J connectivity index is 1.81. The fourth-order valence-corrected chi connectivity index (χ4v) is 4.39. The molecule has 28 heavy (non-hydrogen) atoms. The van der Waals surface area contributed by atoms with Gasteiger partial charge in [-0.1, -0.05) is 62.8 Å². The van der Waals surface area contributed by atoms with Crippen molar-refractivity contribution >= 4 is 17.4 Å². The van der Waals surface area contributed by atoms with Crippen LogP contribution in [0.15, 0.2) is 23.9 Å².